The molecule has 0 saturated heterocycles. The van der Waals surface area contributed by atoms with E-state index in [9.17, 15) is 19.8 Å². The maximum Gasteiger partial charge on any atom is 0.334 e. The molecule has 0 rings (SSSR count). The molecule has 2 atom stereocenters. The van der Waals surface area contributed by atoms with Gasteiger partial charge in [-0.25, -0.2) is 9.59 Å². The van der Waals surface area contributed by atoms with Crippen LogP contribution in [0.1, 0.15) is 129 Å². The Hall–Kier alpha value is -1.14. The minimum Gasteiger partial charge on any atom is -0.467 e. The van der Waals surface area contributed by atoms with Crippen molar-refractivity contribution in [2.75, 3.05) is 14.2 Å². The highest BCUT2D eigenvalue weighted by Crippen LogP contribution is 2.12. The third-order valence-electron chi connectivity index (χ3n) is 5.61. The van der Waals surface area contributed by atoms with E-state index >= 15 is 0 Å². The molecule has 0 amide bonds. The zero-order valence-corrected chi connectivity index (χ0v) is 21.4. The van der Waals surface area contributed by atoms with E-state index in [4.69, 9.17) is 0 Å². The highest BCUT2D eigenvalue weighted by Gasteiger charge is 2.14. The maximum absolute atomic E-state index is 10.9. The van der Waals surface area contributed by atoms with Gasteiger partial charge in [-0.3, -0.25) is 0 Å². The Morgan fingerprint density at radius 2 is 0.781 bits per heavy atom. The fourth-order valence-electron chi connectivity index (χ4n) is 3.45. The van der Waals surface area contributed by atoms with Crippen LogP contribution in [0.25, 0.3) is 0 Å². The number of unbranched alkanes of at least 4 members (excludes halogenated alkanes) is 14. The van der Waals surface area contributed by atoms with Crippen molar-refractivity contribution in [3.05, 3.63) is 0 Å². The summed E-state index contributed by atoms with van der Waals surface area (Å²) in [7, 11) is 2.61. The molecule has 0 fully saturated rings. The van der Waals surface area contributed by atoms with Crippen LogP contribution in [0, 0.1) is 0 Å². The largest absolute Gasteiger partial charge is 0.467 e. The Balaban J connectivity index is 0. The van der Waals surface area contributed by atoms with E-state index in [1.165, 1.54) is 91.3 Å². The minimum absolute atomic E-state index is 0.511. The highest BCUT2D eigenvalue weighted by molar-refractivity contribution is 5.74. The van der Waals surface area contributed by atoms with Gasteiger partial charge in [0.05, 0.1) is 14.2 Å². The van der Waals surface area contributed by atoms with Crippen molar-refractivity contribution in [3.8, 4) is 0 Å². The number of carbonyl (C=O) groups excluding carboxylic acids is 2. The third-order valence-corrected chi connectivity index (χ3v) is 5.61. The van der Waals surface area contributed by atoms with Gasteiger partial charge in [-0.1, -0.05) is 117 Å². The highest BCUT2D eigenvalue weighted by atomic mass is 16.5. The van der Waals surface area contributed by atoms with Crippen LogP contribution in [-0.4, -0.2) is 48.6 Å². The van der Waals surface area contributed by atoms with E-state index in [-0.39, 0.29) is 0 Å². The summed E-state index contributed by atoms with van der Waals surface area (Å²) < 4.78 is 8.89. The second-order valence-electron chi connectivity index (χ2n) is 8.61. The van der Waals surface area contributed by atoms with E-state index in [1.807, 2.05) is 0 Å². The van der Waals surface area contributed by atoms with Crippen molar-refractivity contribution < 1.29 is 29.3 Å². The van der Waals surface area contributed by atoms with Crippen LogP contribution in [0.15, 0.2) is 0 Å². The third kappa shape index (κ3) is 23.5. The van der Waals surface area contributed by atoms with Crippen LogP contribution in [0.3, 0.4) is 0 Å². The Morgan fingerprint density at radius 1 is 0.531 bits per heavy atom. The van der Waals surface area contributed by atoms with Crippen molar-refractivity contribution in [1.29, 1.82) is 0 Å². The van der Waals surface area contributed by atoms with Crippen molar-refractivity contribution >= 4 is 11.9 Å². The number of aliphatic hydroxyl groups is 2. The van der Waals surface area contributed by atoms with Gasteiger partial charge in [0.2, 0.25) is 0 Å². The van der Waals surface area contributed by atoms with Gasteiger partial charge < -0.3 is 19.7 Å². The molecule has 0 aliphatic rings. The predicted molar refractivity (Wildman–Crippen MR) is 130 cm³/mol. The Bertz CT molecular complexity index is 375. The van der Waals surface area contributed by atoms with Gasteiger partial charge in [-0.15, -0.1) is 0 Å². The van der Waals surface area contributed by atoms with E-state index in [0.29, 0.717) is 12.8 Å². The van der Waals surface area contributed by atoms with Gasteiger partial charge in [0.15, 0.2) is 12.2 Å². The van der Waals surface area contributed by atoms with Crippen molar-refractivity contribution in [2.24, 2.45) is 0 Å². The molecule has 192 valence electrons. The Morgan fingerprint density at radius 3 is 1.03 bits per heavy atom. The van der Waals surface area contributed by atoms with E-state index in [2.05, 4.69) is 23.3 Å². The molecule has 0 bridgehead atoms. The first-order valence-electron chi connectivity index (χ1n) is 13.0. The van der Waals surface area contributed by atoms with Crippen LogP contribution >= 0.6 is 0 Å². The standard InChI is InChI=1S/2C13H26O3/c2*1-3-4-5-6-7-8-9-10-11-12(14)13(15)16-2/h2*12,14H,3-11H2,1-2H3. The summed E-state index contributed by atoms with van der Waals surface area (Å²) in [5.74, 6) is -1.02. The lowest BCUT2D eigenvalue weighted by Gasteiger charge is -2.07. The average molecular weight is 461 g/mol. The molecule has 0 heterocycles. The lowest BCUT2D eigenvalue weighted by atomic mass is 10.1. The van der Waals surface area contributed by atoms with Gasteiger partial charge in [-0.2, -0.15) is 0 Å². The quantitative estimate of drug-likeness (QED) is 0.168. The molecular formula is C26H52O6. The smallest absolute Gasteiger partial charge is 0.334 e. The van der Waals surface area contributed by atoms with Gasteiger partial charge in [0.1, 0.15) is 0 Å². The number of esters is 2. The maximum atomic E-state index is 10.9. The number of aliphatic hydroxyl groups excluding tert-OH is 2. The normalized spacial score (nSPS) is 12.4. The minimum atomic E-state index is -0.926. The molecule has 0 saturated carbocycles. The Labute approximate surface area is 197 Å². The summed E-state index contributed by atoms with van der Waals surface area (Å²) in [5.41, 5.74) is 0. The molecule has 0 aromatic heterocycles. The fourth-order valence-corrected chi connectivity index (χ4v) is 3.45. The summed E-state index contributed by atoms with van der Waals surface area (Å²) in [6.45, 7) is 4.43. The number of carbonyl (C=O) groups is 2. The summed E-state index contributed by atoms with van der Waals surface area (Å²) in [6.07, 6.45) is 18.7. The van der Waals surface area contributed by atoms with Gasteiger partial charge in [0.25, 0.3) is 0 Å². The monoisotopic (exact) mass is 460 g/mol. The second kappa shape index (κ2) is 26.1. The van der Waals surface area contributed by atoms with Crippen LogP contribution in [0.4, 0.5) is 0 Å². The zero-order valence-electron chi connectivity index (χ0n) is 21.4. The lowest BCUT2D eigenvalue weighted by Crippen LogP contribution is -2.21. The molecule has 6 heteroatoms. The first-order chi connectivity index (χ1) is 15.4. The van der Waals surface area contributed by atoms with Gasteiger partial charge >= 0.3 is 11.9 Å². The molecule has 2 N–H and O–H groups in total. The molecule has 2 unspecified atom stereocenters. The summed E-state index contributed by atoms with van der Waals surface area (Å²) in [5, 5.41) is 18.6. The van der Waals surface area contributed by atoms with Crippen LogP contribution in [0.5, 0.6) is 0 Å². The molecule has 0 aromatic carbocycles. The molecular weight excluding hydrogens is 408 g/mol. The molecule has 0 spiro atoms. The summed E-state index contributed by atoms with van der Waals surface area (Å²) in [4.78, 5) is 21.8. The van der Waals surface area contributed by atoms with E-state index < -0.39 is 24.1 Å². The molecule has 32 heavy (non-hydrogen) atoms. The molecule has 0 aliphatic carbocycles. The number of hydrogen-bond acceptors (Lipinski definition) is 6. The van der Waals surface area contributed by atoms with Crippen molar-refractivity contribution in [3.63, 3.8) is 0 Å². The predicted octanol–water partition coefficient (Wildman–Crippen LogP) is 6.10. The van der Waals surface area contributed by atoms with Crippen molar-refractivity contribution in [1.82, 2.24) is 0 Å². The van der Waals surface area contributed by atoms with Crippen LogP contribution < -0.4 is 0 Å². The van der Waals surface area contributed by atoms with E-state index in [1.54, 1.807) is 0 Å². The topological polar surface area (TPSA) is 93.1 Å². The Kier molecular flexibility index (Phi) is 27.0. The van der Waals surface area contributed by atoms with Crippen LogP contribution in [0.2, 0.25) is 0 Å². The SMILES string of the molecule is CCCCCCCCCCC(O)C(=O)OC.CCCCCCCCCCC(O)C(=O)OC. The number of methoxy groups -OCH3 is 2. The summed E-state index contributed by atoms with van der Waals surface area (Å²) >= 11 is 0. The zero-order chi connectivity index (χ0) is 24.5. The van der Waals surface area contributed by atoms with Gasteiger partial charge in [0, 0.05) is 0 Å². The first-order valence-corrected chi connectivity index (χ1v) is 13.0. The average Bonchev–Trinajstić information content (AvgIpc) is 2.81. The number of ether oxygens (including phenoxy) is 2. The van der Waals surface area contributed by atoms with Crippen LogP contribution in [-0.2, 0) is 19.1 Å². The second-order valence-corrected chi connectivity index (χ2v) is 8.61. The molecule has 6 nitrogen and oxygen atoms in total. The number of rotatable bonds is 20. The van der Waals surface area contributed by atoms with E-state index in [0.717, 1.165) is 25.7 Å². The lowest BCUT2D eigenvalue weighted by molar-refractivity contribution is -0.151. The first kappa shape index (κ1) is 33.0. The molecule has 0 aromatic rings. The molecule has 0 aliphatic heterocycles. The van der Waals surface area contributed by atoms with Crippen molar-refractivity contribution in [2.45, 2.75) is 142 Å². The fraction of sp³-hybridized carbons (Fsp3) is 0.923. The van der Waals surface area contributed by atoms with Gasteiger partial charge in [-0.05, 0) is 12.8 Å². The number of hydrogen-bond donors (Lipinski definition) is 2. The molecule has 0 radical (unpaired) electrons. The summed E-state index contributed by atoms with van der Waals surface area (Å²) in [6, 6.07) is 0.